The van der Waals surface area contributed by atoms with Crippen LogP contribution in [-0.4, -0.2) is 37.6 Å². The molecule has 1 heterocycles. The van der Waals surface area contributed by atoms with E-state index in [9.17, 15) is 4.79 Å². The average molecular weight is 375 g/mol. The molecule has 0 bridgehead atoms. The third kappa shape index (κ3) is 4.29. The van der Waals surface area contributed by atoms with E-state index in [-0.39, 0.29) is 12.5 Å². The van der Waals surface area contributed by atoms with E-state index in [4.69, 9.17) is 21.1 Å². The number of benzene rings is 2. The molecule has 0 aromatic heterocycles. The molecule has 26 heavy (non-hydrogen) atoms. The number of hydrogen-bond acceptors (Lipinski definition) is 4. The Morgan fingerprint density at radius 1 is 1.19 bits per heavy atom. The molecule has 6 heteroatoms. The Kier molecular flexibility index (Phi) is 5.69. The molecule has 0 atom stereocenters. The largest absolute Gasteiger partial charge is 0.486 e. The summed E-state index contributed by atoms with van der Waals surface area (Å²) in [5, 5.41) is 3.54. The summed E-state index contributed by atoms with van der Waals surface area (Å²) in [6, 6.07) is 9.74. The maximum atomic E-state index is 12.4. The van der Waals surface area contributed by atoms with Gasteiger partial charge in [-0.25, -0.2) is 0 Å². The highest BCUT2D eigenvalue weighted by Crippen LogP contribution is 2.38. The number of para-hydroxylation sites is 1. The Morgan fingerprint density at radius 3 is 2.62 bits per heavy atom. The molecule has 3 rings (SSSR count). The van der Waals surface area contributed by atoms with Gasteiger partial charge in [-0.3, -0.25) is 9.69 Å². The maximum absolute atomic E-state index is 12.4. The van der Waals surface area contributed by atoms with Crippen molar-refractivity contribution in [3.8, 4) is 11.5 Å². The summed E-state index contributed by atoms with van der Waals surface area (Å²) < 4.78 is 11.1. The minimum Gasteiger partial charge on any atom is -0.486 e. The number of amides is 1. The fraction of sp³-hybridized carbons (Fsp3) is 0.350. The summed E-state index contributed by atoms with van der Waals surface area (Å²) >= 11 is 6.28. The van der Waals surface area contributed by atoms with E-state index in [1.54, 1.807) is 0 Å². The molecule has 1 N–H and O–H groups in total. The van der Waals surface area contributed by atoms with Crippen molar-refractivity contribution in [1.29, 1.82) is 0 Å². The summed E-state index contributed by atoms with van der Waals surface area (Å²) in [5.74, 6) is 1.21. The number of hydrogen-bond donors (Lipinski definition) is 1. The standard InChI is InChI=1S/C20H23ClN2O3/c1-13-5-4-6-14(2)19(13)22-18(24)12-23(3)11-15-9-16(21)20-17(10-15)25-7-8-26-20/h4-6,9-10H,7-8,11-12H2,1-3H3,(H,22,24). The van der Waals surface area contributed by atoms with Crippen LogP contribution >= 0.6 is 11.6 Å². The molecule has 2 aromatic rings. The topological polar surface area (TPSA) is 50.8 Å². The lowest BCUT2D eigenvalue weighted by molar-refractivity contribution is -0.117. The van der Waals surface area contributed by atoms with Gasteiger partial charge in [0.25, 0.3) is 0 Å². The van der Waals surface area contributed by atoms with Gasteiger partial charge in [0, 0.05) is 12.2 Å². The molecular weight excluding hydrogens is 352 g/mol. The number of ether oxygens (including phenoxy) is 2. The monoisotopic (exact) mass is 374 g/mol. The molecule has 138 valence electrons. The number of nitrogens with zero attached hydrogens (tertiary/aromatic N) is 1. The summed E-state index contributed by atoms with van der Waals surface area (Å²) in [6.45, 7) is 5.86. The van der Waals surface area contributed by atoms with Crippen LogP contribution in [0.5, 0.6) is 11.5 Å². The van der Waals surface area contributed by atoms with Gasteiger partial charge in [-0.1, -0.05) is 29.8 Å². The molecule has 0 saturated heterocycles. The highest BCUT2D eigenvalue weighted by atomic mass is 35.5. The number of anilines is 1. The lowest BCUT2D eigenvalue weighted by atomic mass is 10.1. The van der Waals surface area contributed by atoms with Crippen molar-refractivity contribution in [3.05, 3.63) is 52.0 Å². The van der Waals surface area contributed by atoms with E-state index in [2.05, 4.69) is 5.32 Å². The van der Waals surface area contributed by atoms with Crippen molar-refractivity contribution in [2.45, 2.75) is 20.4 Å². The van der Waals surface area contributed by atoms with Crippen molar-refractivity contribution in [2.75, 3.05) is 32.1 Å². The Bertz CT molecular complexity index is 803. The molecule has 1 amide bonds. The summed E-state index contributed by atoms with van der Waals surface area (Å²) in [5.41, 5.74) is 3.97. The molecule has 0 unspecified atom stereocenters. The van der Waals surface area contributed by atoms with Crippen molar-refractivity contribution in [1.82, 2.24) is 4.90 Å². The molecule has 0 aliphatic carbocycles. The first-order valence-electron chi connectivity index (χ1n) is 8.56. The van der Waals surface area contributed by atoms with Crippen LogP contribution in [0.2, 0.25) is 5.02 Å². The van der Waals surface area contributed by atoms with Gasteiger partial charge in [0.05, 0.1) is 11.6 Å². The van der Waals surface area contributed by atoms with E-state index in [0.717, 1.165) is 22.4 Å². The lowest BCUT2D eigenvalue weighted by Crippen LogP contribution is -2.30. The smallest absolute Gasteiger partial charge is 0.238 e. The summed E-state index contributed by atoms with van der Waals surface area (Å²) in [6.07, 6.45) is 0. The molecule has 0 fully saturated rings. The first-order valence-corrected chi connectivity index (χ1v) is 8.94. The molecule has 0 saturated carbocycles. The zero-order valence-electron chi connectivity index (χ0n) is 15.3. The quantitative estimate of drug-likeness (QED) is 0.864. The molecule has 5 nitrogen and oxygen atoms in total. The number of nitrogens with one attached hydrogen (secondary N) is 1. The van der Waals surface area contributed by atoms with Crippen molar-refractivity contribution >= 4 is 23.2 Å². The van der Waals surface area contributed by atoms with Gasteiger partial charge in [-0.15, -0.1) is 0 Å². The van der Waals surface area contributed by atoms with Crippen molar-refractivity contribution in [3.63, 3.8) is 0 Å². The first kappa shape index (κ1) is 18.5. The SMILES string of the molecule is Cc1cccc(C)c1NC(=O)CN(C)Cc1cc(Cl)c2c(c1)OCCO2. The third-order valence-electron chi connectivity index (χ3n) is 4.27. The van der Waals surface area contributed by atoms with E-state index in [0.29, 0.717) is 36.3 Å². The molecule has 1 aliphatic heterocycles. The Hall–Kier alpha value is -2.24. The molecule has 0 spiro atoms. The molecule has 1 aliphatic rings. The highest BCUT2D eigenvalue weighted by Gasteiger charge is 2.18. The van der Waals surface area contributed by atoms with Crippen LogP contribution in [0.3, 0.4) is 0 Å². The lowest BCUT2D eigenvalue weighted by Gasteiger charge is -2.22. The van der Waals surface area contributed by atoms with Gasteiger partial charge in [-0.05, 0) is 49.7 Å². The minimum atomic E-state index is -0.0476. The normalized spacial score (nSPS) is 13.0. The Morgan fingerprint density at radius 2 is 1.88 bits per heavy atom. The number of aryl methyl sites for hydroxylation is 2. The van der Waals surface area contributed by atoms with E-state index in [1.165, 1.54) is 0 Å². The number of carbonyl (C=O) groups excluding carboxylic acids is 1. The second kappa shape index (κ2) is 7.98. The summed E-state index contributed by atoms with van der Waals surface area (Å²) in [7, 11) is 1.90. The second-order valence-corrected chi connectivity index (χ2v) is 7.00. The van der Waals surface area contributed by atoms with Gasteiger partial charge in [-0.2, -0.15) is 0 Å². The second-order valence-electron chi connectivity index (χ2n) is 6.59. The van der Waals surface area contributed by atoms with Crippen LogP contribution in [0.1, 0.15) is 16.7 Å². The Balaban J connectivity index is 1.63. The van der Waals surface area contributed by atoms with Crippen LogP contribution in [0, 0.1) is 13.8 Å². The highest BCUT2D eigenvalue weighted by molar-refractivity contribution is 6.32. The van der Waals surface area contributed by atoms with Crippen molar-refractivity contribution < 1.29 is 14.3 Å². The fourth-order valence-corrected chi connectivity index (χ4v) is 3.35. The predicted molar refractivity (Wildman–Crippen MR) is 103 cm³/mol. The molecule has 2 aromatic carbocycles. The maximum Gasteiger partial charge on any atom is 0.238 e. The fourth-order valence-electron chi connectivity index (χ4n) is 3.06. The molecule has 0 radical (unpaired) electrons. The summed E-state index contributed by atoms with van der Waals surface area (Å²) in [4.78, 5) is 14.3. The van der Waals surface area contributed by atoms with Crippen molar-refractivity contribution in [2.24, 2.45) is 0 Å². The predicted octanol–water partition coefficient (Wildman–Crippen LogP) is 3.80. The van der Waals surface area contributed by atoms with E-state index < -0.39 is 0 Å². The van der Waals surface area contributed by atoms with Gasteiger partial charge in [0.15, 0.2) is 11.5 Å². The van der Waals surface area contributed by atoms with Crippen LogP contribution in [0.4, 0.5) is 5.69 Å². The van der Waals surface area contributed by atoms with E-state index in [1.807, 2.05) is 56.1 Å². The number of likely N-dealkylation sites (N-methyl/N-ethyl adjacent to an activating group) is 1. The zero-order valence-corrected chi connectivity index (χ0v) is 16.0. The van der Waals surface area contributed by atoms with E-state index >= 15 is 0 Å². The zero-order chi connectivity index (χ0) is 18.7. The van der Waals surface area contributed by atoms with Crippen LogP contribution < -0.4 is 14.8 Å². The van der Waals surface area contributed by atoms with Crippen LogP contribution in [-0.2, 0) is 11.3 Å². The number of fused-ring (bicyclic) bond motifs is 1. The Labute approximate surface area is 158 Å². The van der Waals surface area contributed by atoms with Gasteiger partial charge < -0.3 is 14.8 Å². The van der Waals surface area contributed by atoms with Crippen LogP contribution in [0.25, 0.3) is 0 Å². The number of rotatable bonds is 5. The van der Waals surface area contributed by atoms with Gasteiger partial charge >= 0.3 is 0 Å². The third-order valence-corrected chi connectivity index (χ3v) is 4.55. The number of halogens is 1. The van der Waals surface area contributed by atoms with Gasteiger partial charge in [0.1, 0.15) is 13.2 Å². The minimum absolute atomic E-state index is 0.0476. The van der Waals surface area contributed by atoms with Gasteiger partial charge in [0.2, 0.25) is 5.91 Å². The first-order chi connectivity index (χ1) is 12.4. The van der Waals surface area contributed by atoms with Crippen LogP contribution in [0.15, 0.2) is 30.3 Å². The number of carbonyl (C=O) groups is 1. The average Bonchev–Trinajstić information content (AvgIpc) is 2.58. The molecular formula is C20H23ClN2O3.